The molecular formula is C13H17N3O6. The Labute approximate surface area is 126 Å². The van der Waals surface area contributed by atoms with Gasteiger partial charge in [-0.15, -0.1) is 0 Å². The van der Waals surface area contributed by atoms with Gasteiger partial charge < -0.3 is 25.4 Å². The van der Waals surface area contributed by atoms with E-state index < -0.39 is 23.0 Å². The summed E-state index contributed by atoms with van der Waals surface area (Å²) >= 11 is 0. The minimum absolute atomic E-state index is 0.0995. The third-order valence-corrected chi connectivity index (χ3v) is 3.33. The Morgan fingerprint density at radius 2 is 2.23 bits per heavy atom. The molecule has 0 saturated carbocycles. The molecule has 0 bridgehead atoms. The summed E-state index contributed by atoms with van der Waals surface area (Å²) in [4.78, 5) is 14.1. The maximum atomic E-state index is 11.1. The summed E-state index contributed by atoms with van der Waals surface area (Å²) in [7, 11) is 0. The maximum Gasteiger partial charge on any atom is 0.276 e. The van der Waals surface area contributed by atoms with Gasteiger partial charge >= 0.3 is 0 Å². The number of hydrogen-bond donors (Lipinski definition) is 4. The van der Waals surface area contributed by atoms with Gasteiger partial charge in [-0.25, -0.2) is 0 Å². The molecule has 1 aromatic carbocycles. The van der Waals surface area contributed by atoms with Crippen molar-refractivity contribution in [1.29, 1.82) is 0 Å². The second-order valence-corrected chi connectivity index (χ2v) is 5.04. The van der Waals surface area contributed by atoms with Gasteiger partial charge in [0.15, 0.2) is 0 Å². The summed E-state index contributed by atoms with van der Waals surface area (Å²) in [6, 6.07) is 4.25. The van der Waals surface area contributed by atoms with Gasteiger partial charge in [0.2, 0.25) is 5.91 Å². The van der Waals surface area contributed by atoms with E-state index in [1.165, 1.54) is 18.2 Å². The van der Waals surface area contributed by atoms with Crippen LogP contribution in [0.3, 0.4) is 0 Å². The van der Waals surface area contributed by atoms with Crippen molar-refractivity contribution in [2.24, 2.45) is 4.99 Å². The largest absolute Gasteiger partial charge is 0.390 e. The van der Waals surface area contributed by atoms with Crippen LogP contribution in [0.25, 0.3) is 0 Å². The molecule has 9 nitrogen and oxygen atoms in total. The Balaban J connectivity index is 2.21. The van der Waals surface area contributed by atoms with E-state index in [-0.39, 0.29) is 30.9 Å². The number of nitro benzene ring substituents is 1. The van der Waals surface area contributed by atoms with Crippen LogP contribution in [-0.4, -0.2) is 51.7 Å². The molecule has 0 radical (unpaired) electrons. The van der Waals surface area contributed by atoms with Crippen LogP contribution < -0.4 is 5.32 Å². The highest BCUT2D eigenvalue weighted by Gasteiger charge is 2.39. The number of aliphatic hydroxyl groups is 3. The zero-order valence-electron chi connectivity index (χ0n) is 11.7. The molecule has 0 aliphatic carbocycles. The SMILES string of the molecule is C=NCc1ccc(NC2(O)CC(O)C(O)CO2)cc1[N+](=O)[O-]. The van der Waals surface area contributed by atoms with E-state index in [4.69, 9.17) is 4.74 Å². The molecular weight excluding hydrogens is 294 g/mol. The van der Waals surface area contributed by atoms with E-state index in [1.807, 2.05) is 0 Å². The molecule has 1 heterocycles. The van der Waals surface area contributed by atoms with Gasteiger partial charge in [0.05, 0.1) is 36.2 Å². The predicted molar refractivity (Wildman–Crippen MR) is 77.5 cm³/mol. The fourth-order valence-electron chi connectivity index (χ4n) is 2.19. The van der Waals surface area contributed by atoms with Crippen LogP contribution in [0, 0.1) is 10.1 Å². The standard InChI is InChI=1S/C13H17N3O6/c1-14-6-8-2-3-9(4-10(8)16(20)21)15-13(19)5-11(17)12(18)7-22-13/h2-4,11-12,15,17-19H,1,5-7H2. The first-order chi connectivity index (χ1) is 10.3. The first-order valence-electron chi connectivity index (χ1n) is 6.55. The molecule has 9 heteroatoms. The number of nitrogens with zero attached hydrogens (tertiary/aromatic N) is 2. The summed E-state index contributed by atoms with van der Waals surface area (Å²) in [5.74, 6) is -1.91. The van der Waals surface area contributed by atoms with Gasteiger partial charge in [-0.3, -0.25) is 15.1 Å². The Morgan fingerprint density at radius 3 is 2.82 bits per heavy atom. The quantitative estimate of drug-likeness (QED) is 0.260. The van der Waals surface area contributed by atoms with Crippen molar-refractivity contribution in [3.63, 3.8) is 0 Å². The maximum absolute atomic E-state index is 11.1. The summed E-state index contributed by atoms with van der Waals surface area (Å²) in [5, 5.41) is 42.8. The molecule has 1 fully saturated rings. The number of aliphatic imine (C=N–C) groups is 1. The number of anilines is 1. The number of rotatable bonds is 5. The summed E-state index contributed by atoms with van der Waals surface area (Å²) in [6.45, 7) is 3.14. The topological polar surface area (TPSA) is 137 Å². The van der Waals surface area contributed by atoms with Crippen LogP contribution in [0.2, 0.25) is 0 Å². The minimum Gasteiger partial charge on any atom is -0.390 e. The number of nitro groups is 1. The monoisotopic (exact) mass is 311 g/mol. The first kappa shape index (κ1) is 16.3. The fourth-order valence-corrected chi connectivity index (χ4v) is 2.19. The third kappa shape index (κ3) is 3.57. The summed E-state index contributed by atoms with van der Waals surface area (Å²) in [5.41, 5.74) is 0.459. The molecule has 0 spiro atoms. The van der Waals surface area contributed by atoms with Gasteiger partial charge in [-0.1, -0.05) is 0 Å². The van der Waals surface area contributed by atoms with E-state index in [0.29, 0.717) is 5.56 Å². The Kier molecular flexibility index (Phi) is 4.71. The number of hydrogen-bond acceptors (Lipinski definition) is 8. The molecule has 1 aliphatic heterocycles. The molecule has 1 aliphatic rings. The van der Waals surface area contributed by atoms with Crippen molar-refractivity contribution >= 4 is 18.1 Å². The Hall–Kier alpha value is -2.07. The van der Waals surface area contributed by atoms with Crippen LogP contribution in [-0.2, 0) is 11.3 Å². The molecule has 4 N–H and O–H groups in total. The summed E-state index contributed by atoms with van der Waals surface area (Å²) in [6.07, 6.45) is -2.53. The molecule has 2 rings (SSSR count). The number of benzene rings is 1. The van der Waals surface area contributed by atoms with E-state index in [2.05, 4.69) is 17.0 Å². The molecule has 3 atom stereocenters. The zero-order valence-corrected chi connectivity index (χ0v) is 11.7. The molecule has 0 amide bonds. The first-order valence-corrected chi connectivity index (χ1v) is 6.55. The molecule has 22 heavy (non-hydrogen) atoms. The van der Waals surface area contributed by atoms with E-state index in [0.717, 1.165) is 0 Å². The van der Waals surface area contributed by atoms with Gasteiger partial charge in [0.25, 0.3) is 5.69 Å². The van der Waals surface area contributed by atoms with E-state index in [1.54, 1.807) is 0 Å². The Bertz CT molecular complexity index is 581. The van der Waals surface area contributed by atoms with E-state index >= 15 is 0 Å². The van der Waals surface area contributed by atoms with Crippen molar-refractivity contribution in [1.82, 2.24) is 0 Å². The lowest BCUT2D eigenvalue weighted by Crippen LogP contribution is -2.53. The zero-order chi connectivity index (χ0) is 16.3. The van der Waals surface area contributed by atoms with Crippen LogP contribution in [0.15, 0.2) is 23.2 Å². The van der Waals surface area contributed by atoms with Gasteiger partial charge in [-0.2, -0.15) is 0 Å². The minimum atomic E-state index is -1.91. The van der Waals surface area contributed by atoms with Crippen molar-refractivity contribution in [2.75, 3.05) is 11.9 Å². The molecule has 1 aromatic rings. The van der Waals surface area contributed by atoms with Crippen LogP contribution >= 0.6 is 0 Å². The Morgan fingerprint density at radius 1 is 1.50 bits per heavy atom. The van der Waals surface area contributed by atoms with Crippen LogP contribution in [0.1, 0.15) is 12.0 Å². The highest BCUT2D eigenvalue weighted by atomic mass is 16.7. The van der Waals surface area contributed by atoms with Gasteiger partial charge in [-0.05, 0) is 18.9 Å². The van der Waals surface area contributed by atoms with Crippen LogP contribution in [0.4, 0.5) is 11.4 Å². The molecule has 120 valence electrons. The smallest absolute Gasteiger partial charge is 0.276 e. The third-order valence-electron chi connectivity index (χ3n) is 3.33. The number of aliphatic hydroxyl groups excluding tert-OH is 2. The molecule has 3 unspecified atom stereocenters. The lowest BCUT2D eigenvalue weighted by molar-refractivity contribution is -0.385. The van der Waals surface area contributed by atoms with Crippen molar-refractivity contribution in [3.8, 4) is 0 Å². The highest BCUT2D eigenvalue weighted by molar-refractivity contribution is 5.56. The van der Waals surface area contributed by atoms with Gasteiger partial charge in [0.1, 0.15) is 6.10 Å². The number of ether oxygens (including phenoxy) is 1. The van der Waals surface area contributed by atoms with Gasteiger partial charge in [0, 0.05) is 11.8 Å². The average molecular weight is 311 g/mol. The van der Waals surface area contributed by atoms with Crippen molar-refractivity contribution < 1.29 is 25.0 Å². The second kappa shape index (κ2) is 6.36. The average Bonchev–Trinajstić information content (AvgIpc) is 2.45. The van der Waals surface area contributed by atoms with Crippen molar-refractivity contribution in [3.05, 3.63) is 33.9 Å². The molecule has 0 aromatic heterocycles. The lowest BCUT2D eigenvalue weighted by Gasteiger charge is -2.38. The second-order valence-electron chi connectivity index (χ2n) is 5.04. The molecule has 1 saturated heterocycles. The highest BCUT2D eigenvalue weighted by Crippen LogP contribution is 2.29. The van der Waals surface area contributed by atoms with E-state index in [9.17, 15) is 25.4 Å². The fraction of sp³-hybridized carbons (Fsp3) is 0.462. The number of nitrogens with one attached hydrogen (secondary N) is 1. The van der Waals surface area contributed by atoms with Crippen LogP contribution in [0.5, 0.6) is 0 Å². The summed E-state index contributed by atoms with van der Waals surface area (Å²) < 4.78 is 5.07. The predicted octanol–water partition coefficient (Wildman–Crippen LogP) is -0.00450. The lowest BCUT2D eigenvalue weighted by atomic mass is 10.1. The normalized spacial score (nSPS) is 28.1. The van der Waals surface area contributed by atoms with Crippen molar-refractivity contribution in [2.45, 2.75) is 31.1 Å².